The first-order valence-corrected chi connectivity index (χ1v) is 10.5. The standard InChI is InChI=1S/C20H26N2O4S/c1-3-4-5-8-15-26-20(23)21-17-11-13-18(14-12-17)27(24,25)22-19-10-7-6-9-16(19)2/h6-7,9-14,22H,3-5,8,15H2,1-2H3,(H,21,23). The number of para-hydroxylation sites is 1. The van der Waals surface area contributed by atoms with E-state index in [9.17, 15) is 13.2 Å². The molecule has 6 nitrogen and oxygen atoms in total. The van der Waals surface area contributed by atoms with Gasteiger partial charge in [0.2, 0.25) is 0 Å². The van der Waals surface area contributed by atoms with Crippen molar-refractivity contribution >= 4 is 27.5 Å². The van der Waals surface area contributed by atoms with Crippen molar-refractivity contribution in [2.24, 2.45) is 0 Å². The largest absolute Gasteiger partial charge is 0.449 e. The number of carbonyl (C=O) groups is 1. The minimum absolute atomic E-state index is 0.115. The molecule has 1 amide bonds. The topological polar surface area (TPSA) is 84.5 Å². The Hall–Kier alpha value is -2.54. The zero-order valence-corrected chi connectivity index (χ0v) is 16.5. The Balaban J connectivity index is 1.92. The Morgan fingerprint density at radius 2 is 1.70 bits per heavy atom. The second-order valence-electron chi connectivity index (χ2n) is 6.27. The average Bonchev–Trinajstić information content (AvgIpc) is 2.64. The van der Waals surface area contributed by atoms with Gasteiger partial charge in [-0.3, -0.25) is 10.0 Å². The summed E-state index contributed by atoms with van der Waals surface area (Å²) in [7, 11) is -3.70. The van der Waals surface area contributed by atoms with E-state index in [1.54, 1.807) is 12.1 Å². The normalized spacial score (nSPS) is 11.0. The van der Waals surface area contributed by atoms with E-state index < -0.39 is 16.1 Å². The predicted octanol–water partition coefficient (Wildman–Crippen LogP) is 4.92. The monoisotopic (exact) mass is 390 g/mol. The molecule has 2 N–H and O–H groups in total. The Kier molecular flexibility index (Phi) is 7.67. The number of anilines is 2. The van der Waals surface area contributed by atoms with Crippen LogP contribution in [0, 0.1) is 6.92 Å². The Morgan fingerprint density at radius 1 is 1.00 bits per heavy atom. The summed E-state index contributed by atoms with van der Waals surface area (Å²) in [5, 5.41) is 2.59. The second kappa shape index (κ2) is 9.97. The first kappa shape index (κ1) is 20.8. The maximum Gasteiger partial charge on any atom is 0.411 e. The summed E-state index contributed by atoms with van der Waals surface area (Å²) in [6, 6.07) is 13.1. The average molecular weight is 391 g/mol. The van der Waals surface area contributed by atoms with E-state index >= 15 is 0 Å². The highest BCUT2D eigenvalue weighted by Gasteiger charge is 2.15. The number of aryl methyl sites for hydroxylation is 1. The Morgan fingerprint density at radius 3 is 2.37 bits per heavy atom. The molecule has 146 valence electrons. The third kappa shape index (κ3) is 6.60. The minimum Gasteiger partial charge on any atom is -0.449 e. The molecular formula is C20H26N2O4S. The predicted molar refractivity (Wildman–Crippen MR) is 108 cm³/mol. The summed E-state index contributed by atoms with van der Waals surface area (Å²) in [6.07, 6.45) is 3.57. The summed E-state index contributed by atoms with van der Waals surface area (Å²) in [6.45, 7) is 4.32. The fourth-order valence-electron chi connectivity index (χ4n) is 2.46. The van der Waals surface area contributed by atoms with Gasteiger partial charge in [0.15, 0.2) is 0 Å². The van der Waals surface area contributed by atoms with E-state index in [0.29, 0.717) is 18.0 Å². The molecular weight excluding hydrogens is 364 g/mol. The van der Waals surface area contributed by atoms with Crippen LogP contribution in [0.15, 0.2) is 53.4 Å². The number of carbonyl (C=O) groups excluding carboxylic acids is 1. The fourth-order valence-corrected chi connectivity index (χ4v) is 3.59. The van der Waals surface area contributed by atoms with Gasteiger partial charge in [-0.1, -0.05) is 44.4 Å². The van der Waals surface area contributed by atoms with Crippen molar-refractivity contribution in [2.75, 3.05) is 16.6 Å². The molecule has 0 aliphatic heterocycles. The number of hydrogen-bond acceptors (Lipinski definition) is 4. The molecule has 0 saturated carbocycles. The summed E-state index contributed by atoms with van der Waals surface area (Å²) in [5.41, 5.74) is 1.84. The van der Waals surface area contributed by atoms with Crippen molar-refractivity contribution < 1.29 is 17.9 Å². The van der Waals surface area contributed by atoms with Gasteiger partial charge in [-0.05, 0) is 49.2 Å². The highest BCUT2D eigenvalue weighted by Crippen LogP contribution is 2.20. The molecule has 0 aliphatic rings. The molecule has 2 rings (SSSR count). The van der Waals surface area contributed by atoms with E-state index in [0.717, 1.165) is 31.2 Å². The highest BCUT2D eigenvalue weighted by atomic mass is 32.2. The summed E-state index contributed by atoms with van der Waals surface area (Å²) in [5.74, 6) is 0. The molecule has 0 bridgehead atoms. The van der Waals surface area contributed by atoms with Gasteiger partial charge in [-0.2, -0.15) is 0 Å². The molecule has 2 aromatic carbocycles. The van der Waals surface area contributed by atoms with Crippen LogP contribution in [0.1, 0.15) is 38.2 Å². The molecule has 0 aromatic heterocycles. The summed E-state index contributed by atoms with van der Waals surface area (Å²) in [4.78, 5) is 11.9. The van der Waals surface area contributed by atoms with Gasteiger partial charge >= 0.3 is 6.09 Å². The number of amides is 1. The van der Waals surface area contributed by atoms with Crippen molar-refractivity contribution in [3.63, 3.8) is 0 Å². The zero-order valence-electron chi connectivity index (χ0n) is 15.7. The SMILES string of the molecule is CCCCCCOC(=O)Nc1ccc(S(=O)(=O)Nc2ccccc2C)cc1. The molecule has 0 radical (unpaired) electrons. The van der Waals surface area contributed by atoms with Crippen LogP contribution in [0.5, 0.6) is 0 Å². The zero-order chi connectivity index (χ0) is 19.7. The van der Waals surface area contributed by atoms with E-state index in [-0.39, 0.29) is 4.90 Å². The van der Waals surface area contributed by atoms with Gasteiger partial charge in [0.1, 0.15) is 0 Å². The molecule has 0 atom stereocenters. The maximum atomic E-state index is 12.5. The molecule has 0 spiro atoms. The van der Waals surface area contributed by atoms with Gasteiger partial charge in [0.25, 0.3) is 10.0 Å². The number of unbranched alkanes of at least 4 members (excludes halogenated alkanes) is 3. The molecule has 2 aromatic rings. The van der Waals surface area contributed by atoms with Crippen molar-refractivity contribution in [2.45, 2.75) is 44.4 Å². The summed E-state index contributed by atoms with van der Waals surface area (Å²) < 4.78 is 32.7. The van der Waals surface area contributed by atoms with Crippen molar-refractivity contribution in [3.8, 4) is 0 Å². The number of rotatable bonds is 9. The fraction of sp³-hybridized carbons (Fsp3) is 0.350. The molecule has 0 aliphatic carbocycles. The lowest BCUT2D eigenvalue weighted by Gasteiger charge is -2.11. The van der Waals surface area contributed by atoms with Crippen LogP contribution in [0.2, 0.25) is 0 Å². The van der Waals surface area contributed by atoms with Crippen LogP contribution in [0.4, 0.5) is 16.2 Å². The third-order valence-electron chi connectivity index (χ3n) is 4.03. The van der Waals surface area contributed by atoms with Crippen LogP contribution in [0.25, 0.3) is 0 Å². The van der Waals surface area contributed by atoms with Crippen LogP contribution in [0.3, 0.4) is 0 Å². The lowest BCUT2D eigenvalue weighted by atomic mass is 10.2. The molecule has 0 heterocycles. The third-order valence-corrected chi connectivity index (χ3v) is 5.41. The lowest BCUT2D eigenvalue weighted by Crippen LogP contribution is -2.15. The molecule has 0 unspecified atom stereocenters. The molecule has 27 heavy (non-hydrogen) atoms. The quantitative estimate of drug-likeness (QED) is 0.595. The Labute approximate surface area is 161 Å². The van der Waals surface area contributed by atoms with E-state index in [1.807, 2.05) is 19.1 Å². The molecule has 0 saturated heterocycles. The number of nitrogens with one attached hydrogen (secondary N) is 2. The van der Waals surface area contributed by atoms with E-state index in [1.165, 1.54) is 24.3 Å². The van der Waals surface area contributed by atoms with Gasteiger partial charge in [-0.15, -0.1) is 0 Å². The molecule has 0 fully saturated rings. The van der Waals surface area contributed by atoms with E-state index in [2.05, 4.69) is 17.0 Å². The van der Waals surface area contributed by atoms with Crippen LogP contribution >= 0.6 is 0 Å². The summed E-state index contributed by atoms with van der Waals surface area (Å²) >= 11 is 0. The maximum absolute atomic E-state index is 12.5. The minimum atomic E-state index is -3.70. The number of sulfonamides is 1. The van der Waals surface area contributed by atoms with Gasteiger partial charge < -0.3 is 4.74 Å². The molecule has 7 heteroatoms. The van der Waals surface area contributed by atoms with Gasteiger partial charge in [-0.25, -0.2) is 13.2 Å². The Bertz CT molecular complexity index is 849. The van der Waals surface area contributed by atoms with Crippen molar-refractivity contribution in [1.82, 2.24) is 0 Å². The number of benzene rings is 2. The smallest absolute Gasteiger partial charge is 0.411 e. The highest BCUT2D eigenvalue weighted by molar-refractivity contribution is 7.92. The van der Waals surface area contributed by atoms with Gasteiger partial charge in [0.05, 0.1) is 17.2 Å². The van der Waals surface area contributed by atoms with Crippen molar-refractivity contribution in [1.29, 1.82) is 0 Å². The van der Waals surface area contributed by atoms with Crippen LogP contribution < -0.4 is 10.0 Å². The van der Waals surface area contributed by atoms with Crippen LogP contribution in [-0.4, -0.2) is 21.1 Å². The number of hydrogen-bond donors (Lipinski definition) is 2. The van der Waals surface area contributed by atoms with E-state index in [4.69, 9.17) is 4.74 Å². The van der Waals surface area contributed by atoms with Gasteiger partial charge in [0, 0.05) is 5.69 Å². The second-order valence-corrected chi connectivity index (χ2v) is 7.95. The van der Waals surface area contributed by atoms with Crippen molar-refractivity contribution in [3.05, 3.63) is 54.1 Å². The first-order valence-electron chi connectivity index (χ1n) is 9.04. The van der Waals surface area contributed by atoms with Crippen LogP contribution in [-0.2, 0) is 14.8 Å². The number of ether oxygens (including phenoxy) is 1. The lowest BCUT2D eigenvalue weighted by molar-refractivity contribution is 0.159. The first-order chi connectivity index (χ1) is 12.9.